The third-order valence-electron chi connectivity index (χ3n) is 2.14. The third kappa shape index (κ3) is 2.32. The van der Waals surface area contributed by atoms with Crippen LogP contribution in [0.25, 0.3) is 0 Å². The normalized spacial score (nSPS) is 16.2. The average Bonchev–Trinajstić information content (AvgIpc) is 2.49. The van der Waals surface area contributed by atoms with Crippen molar-refractivity contribution in [3.05, 3.63) is 23.7 Å². The highest BCUT2D eigenvalue weighted by Crippen LogP contribution is 2.21. The summed E-state index contributed by atoms with van der Waals surface area (Å²) in [6, 6.07) is 3.24. The van der Waals surface area contributed by atoms with Crippen molar-refractivity contribution in [2.45, 2.75) is 32.9 Å². The van der Waals surface area contributed by atoms with Gasteiger partial charge in [0.2, 0.25) is 0 Å². The highest BCUT2D eigenvalue weighted by atomic mass is 16.3. The molecule has 3 nitrogen and oxygen atoms in total. The Morgan fingerprint density at radius 1 is 1.38 bits per heavy atom. The van der Waals surface area contributed by atoms with Crippen molar-refractivity contribution >= 4 is 0 Å². The molecule has 13 heavy (non-hydrogen) atoms. The number of furan rings is 1. The predicted octanol–water partition coefficient (Wildman–Crippen LogP) is 1.60. The van der Waals surface area contributed by atoms with Crippen LogP contribution in [0.5, 0.6) is 0 Å². The molecule has 74 valence electrons. The summed E-state index contributed by atoms with van der Waals surface area (Å²) in [7, 11) is 0. The molecule has 2 atom stereocenters. The first-order chi connectivity index (χ1) is 6.02. The van der Waals surface area contributed by atoms with Crippen LogP contribution in [0, 0.1) is 12.8 Å². The van der Waals surface area contributed by atoms with Gasteiger partial charge in [0, 0.05) is 0 Å². The van der Waals surface area contributed by atoms with Gasteiger partial charge in [-0.05, 0) is 25.0 Å². The Hall–Kier alpha value is -0.800. The van der Waals surface area contributed by atoms with E-state index in [1.54, 1.807) is 0 Å². The van der Waals surface area contributed by atoms with Crippen molar-refractivity contribution in [2.75, 3.05) is 0 Å². The van der Waals surface area contributed by atoms with Crippen LogP contribution in [0.4, 0.5) is 0 Å². The molecule has 3 heteroatoms. The van der Waals surface area contributed by atoms with Gasteiger partial charge in [-0.1, -0.05) is 13.8 Å². The molecule has 0 saturated carbocycles. The molecule has 1 aromatic heterocycles. The van der Waals surface area contributed by atoms with E-state index in [1.807, 2.05) is 32.9 Å². The van der Waals surface area contributed by atoms with Gasteiger partial charge in [0.1, 0.15) is 11.5 Å². The Bertz CT molecular complexity index is 268. The lowest BCUT2D eigenvalue weighted by Gasteiger charge is -2.19. The molecule has 0 radical (unpaired) electrons. The van der Waals surface area contributed by atoms with E-state index < -0.39 is 12.1 Å². The lowest BCUT2D eigenvalue weighted by molar-refractivity contribution is 0.0896. The molecule has 0 saturated heterocycles. The van der Waals surface area contributed by atoms with Gasteiger partial charge >= 0.3 is 0 Å². The average molecular weight is 183 g/mol. The van der Waals surface area contributed by atoms with Crippen molar-refractivity contribution in [3.8, 4) is 0 Å². The lowest BCUT2D eigenvalue weighted by Crippen LogP contribution is -2.30. The highest BCUT2D eigenvalue weighted by molar-refractivity contribution is 5.10. The molecule has 0 aliphatic rings. The second-order valence-electron chi connectivity index (χ2n) is 3.71. The molecule has 1 heterocycles. The van der Waals surface area contributed by atoms with E-state index in [0.717, 1.165) is 5.76 Å². The summed E-state index contributed by atoms with van der Waals surface area (Å²) in [4.78, 5) is 0. The summed E-state index contributed by atoms with van der Waals surface area (Å²) in [6.45, 7) is 5.72. The van der Waals surface area contributed by atoms with Crippen molar-refractivity contribution in [3.63, 3.8) is 0 Å². The second-order valence-corrected chi connectivity index (χ2v) is 3.71. The maximum absolute atomic E-state index is 9.67. The topological polar surface area (TPSA) is 59.4 Å². The Morgan fingerprint density at radius 3 is 2.38 bits per heavy atom. The fraction of sp³-hybridized carbons (Fsp3) is 0.600. The van der Waals surface area contributed by atoms with Gasteiger partial charge in [0.25, 0.3) is 0 Å². The van der Waals surface area contributed by atoms with E-state index in [-0.39, 0.29) is 5.92 Å². The van der Waals surface area contributed by atoms with Crippen LogP contribution >= 0.6 is 0 Å². The van der Waals surface area contributed by atoms with Gasteiger partial charge in [-0.2, -0.15) is 0 Å². The van der Waals surface area contributed by atoms with Crippen LogP contribution in [0.1, 0.15) is 31.4 Å². The van der Waals surface area contributed by atoms with Crippen LogP contribution in [0.2, 0.25) is 0 Å². The number of aliphatic hydroxyl groups is 1. The van der Waals surface area contributed by atoms with Gasteiger partial charge in [0.05, 0.1) is 12.1 Å². The molecule has 0 fully saturated rings. The largest absolute Gasteiger partial charge is 0.465 e. The molecule has 1 rings (SSSR count). The molecule has 0 aliphatic carbocycles. The summed E-state index contributed by atoms with van der Waals surface area (Å²) >= 11 is 0. The Kier molecular flexibility index (Phi) is 3.12. The number of hydrogen-bond acceptors (Lipinski definition) is 3. The summed E-state index contributed by atoms with van der Waals surface area (Å²) < 4.78 is 5.33. The molecular weight excluding hydrogens is 166 g/mol. The smallest absolute Gasteiger partial charge is 0.123 e. The number of rotatable bonds is 3. The minimum Gasteiger partial charge on any atom is -0.465 e. The van der Waals surface area contributed by atoms with Gasteiger partial charge in [-0.3, -0.25) is 0 Å². The zero-order valence-corrected chi connectivity index (χ0v) is 8.32. The highest BCUT2D eigenvalue weighted by Gasteiger charge is 2.22. The van der Waals surface area contributed by atoms with Crippen molar-refractivity contribution in [2.24, 2.45) is 11.7 Å². The molecule has 1 aromatic rings. The van der Waals surface area contributed by atoms with Crippen LogP contribution < -0.4 is 5.73 Å². The first kappa shape index (κ1) is 10.3. The molecule has 0 aliphatic heterocycles. The molecule has 0 unspecified atom stereocenters. The van der Waals surface area contributed by atoms with Gasteiger partial charge in [-0.25, -0.2) is 0 Å². The lowest BCUT2D eigenvalue weighted by atomic mass is 9.99. The SMILES string of the molecule is Cc1ccc([C@H](N)[C@H](O)C(C)C)o1. The molecule has 3 N–H and O–H groups in total. The first-order valence-electron chi connectivity index (χ1n) is 4.52. The Morgan fingerprint density at radius 2 is 2.00 bits per heavy atom. The molecule has 0 spiro atoms. The fourth-order valence-corrected chi connectivity index (χ4v) is 1.22. The summed E-state index contributed by atoms with van der Waals surface area (Å²) in [5, 5.41) is 9.67. The molecule has 0 bridgehead atoms. The number of hydrogen-bond donors (Lipinski definition) is 2. The van der Waals surface area contributed by atoms with E-state index in [1.165, 1.54) is 0 Å². The predicted molar refractivity (Wildman–Crippen MR) is 51.2 cm³/mol. The van der Waals surface area contributed by atoms with Gasteiger partial charge in [-0.15, -0.1) is 0 Å². The van der Waals surface area contributed by atoms with Crippen molar-refractivity contribution in [1.82, 2.24) is 0 Å². The second kappa shape index (κ2) is 3.94. The zero-order chi connectivity index (χ0) is 10.0. The van der Waals surface area contributed by atoms with Gasteiger partial charge < -0.3 is 15.3 Å². The molecule has 0 amide bonds. The Labute approximate surface area is 78.5 Å². The van der Waals surface area contributed by atoms with Crippen LogP contribution in [0.3, 0.4) is 0 Å². The van der Waals surface area contributed by atoms with Crippen molar-refractivity contribution in [1.29, 1.82) is 0 Å². The molecular formula is C10H17NO2. The number of aliphatic hydroxyl groups excluding tert-OH is 1. The minimum absolute atomic E-state index is 0.139. The quantitative estimate of drug-likeness (QED) is 0.748. The van der Waals surface area contributed by atoms with E-state index >= 15 is 0 Å². The maximum Gasteiger partial charge on any atom is 0.123 e. The number of nitrogens with two attached hydrogens (primary N) is 1. The monoisotopic (exact) mass is 183 g/mol. The zero-order valence-electron chi connectivity index (χ0n) is 8.32. The van der Waals surface area contributed by atoms with Crippen molar-refractivity contribution < 1.29 is 9.52 Å². The van der Waals surface area contributed by atoms with E-state index in [0.29, 0.717) is 5.76 Å². The van der Waals surface area contributed by atoms with E-state index in [2.05, 4.69) is 0 Å². The summed E-state index contributed by atoms with van der Waals surface area (Å²) in [5.41, 5.74) is 5.81. The maximum atomic E-state index is 9.67. The third-order valence-corrected chi connectivity index (χ3v) is 2.14. The summed E-state index contributed by atoms with van der Waals surface area (Å²) in [5.74, 6) is 1.61. The fourth-order valence-electron chi connectivity index (χ4n) is 1.22. The van der Waals surface area contributed by atoms with Gasteiger partial charge in [0.15, 0.2) is 0 Å². The Balaban J connectivity index is 2.73. The van der Waals surface area contributed by atoms with Crippen LogP contribution in [0.15, 0.2) is 16.5 Å². The molecule has 0 aromatic carbocycles. The minimum atomic E-state index is -0.550. The van der Waals surface area contributed by atoms with Crippen LogP contribution in [-0.2, 0) is 0 Å². The van der Waals surface area contributed by atoms with Crippen LogP contribution in [-0.4, -0.2) is 11.2 Å². The summed E-state index contributed by atoms with van der Waals surface area (Å²) in [6.07, 6.45) is -0.550. The van der Waals surface area contributed by atoms with E-state index in [4.69, 9.17) is 10.2 Å². The number of aryl methyl sites for hydroxylation is 1. The first-order valence-corrected chi connectivity index (χ1v) is 4.52. The van der Waals surface area contributed by atoms with E-state index in [9.17, 15) is 5.11 Å². The standard InChI is InChI=1S/C10H17NO2/c1-6(2)10(12)9(11)8-5-4-7(3)13-8/h4-6,9-10,12H,11H2,1-3H3/t9-,10+/m0/s1.